The van der Waals surface area contributed by atoms with E-state index in [9.17, 15) is 5.11 Å². The van der Waals surface area contributed by atoms with Crippen molar-refractivity contribution in [3.63, 3.8) is 0 Å². The lowest BCUT2D eigenvalue weighted by molar-refractivity contribution is 0.0746. The second-order valence-corrected chi connectivity index (χ2v) is 7.87. The van der Waals surface area contributed by atoms with Gasteiger partial charge >= 0.3 is 0 Å². The molecule has 1 fully saturated rings. The first-order chi connectivity index (χ1) is 13.6. The number of benzene rings is 1. The van der Waals surface area contributed by atoms with Crippen molar-refractivity contribution < 1.29 is 5.11 Å². The number of fused-ring (bicyclic) bond motifs is 2. The van der Waals surface area contributed by atoms with Crippen molar-refractivity contribution in [2.75, 3.05) is 17.3 Å². The predicted molar refractivity (Wildman–Crippen MR) is 109 cm³/mol. The van der Waals surface area contributed by atoms with E-state index in [0.717, 1.165) is 34.2 Å². The smallest absolute Gasteiger partial charge is 0.230 e. The van der Waals surface area contributed by atoms with Crippen LogP contribution in [0.1, 0.15) is 18.7 Å². The molecule has 1 aromatic carbocycles. The lowest BCUT2D eigenvalue weighted by atomic mass is 9.88. The van der Waals surface area contributed by atoms with Gasteiger partial charge in [0.15, 0.2) is 5.65 Å². The number of hydrogen-bond acceptors (Lipinski definition) is 7. The zero-order valence-electron chi connectivity index (χ0n) is 15.2. The number of H-pyrrole nitrogens is 1. The summed E-state index contributed by atoms with van der Waals surface area (Å²) in [7, 11) is 1.95. The van der Waals surface area contributed by atoms with Crippen molar-refractivity contribution in [3.8, 4) is 0 Å². The molecule has 9 nitrogen and oxygen atoms in total. The van der Waals surface area contributed by atoms with E-state index in [-0.39, 0.29) is 12.1 Å². The normalized spacial score (nSPS) is 19.1. The molecule has 0 atom stereocenters. The van der Waals surface area contributed by atoms with Gasteiger partial charge in [-0.05, 0) is 40.9 Å². The fourth-order valence-electron chi connectivity index (χ4n) is 3.40. The molecule has 28 heavy (non-hydrogen) atoms. The number of aromatic nitrogens is 6. The second-order valence-electron chi connectivity index (χ2n) is 7.02. The third-order valence-corrected chi connectivity index (χ3v) is 5.68. The molecule has 0 saturated heterocycles. The number of aromatic amines is 1. The Morgan fingerprint density at radius 3 is 2.89 bits per heavy atom. The summed E-state index contributed by atoms with van der Waals surface area (Å²) in [6.07, 6.45) is 2.93. The summed E-state index contributed by atoms with van der Waals surface area (Å²) < 4.78 is 2.46. The maximum Gasteiger partial charge on any atom is 0.230 e. The second kappa shape index (κ2) is 6.71. The van der Waals surface area contributed by atoms with E-state index in [1.54, 1.807) is 10.7 Å². The number of para-hydroxylation sites is 2. The summed E-state index contributed by atoms with van der Waals surface area (Å²) in [6.45, 7) is 0.476. The van der Waals surface area contributed by atoms with E-state index >= 15 is 0 Å². The van der Waals surface area contributed by atoms with Gasteiger partial charge in [0, 0.05) is 13.1 Å². The summed E-state index contributed by atoms with van der Waals surface area (Å²) in [6, 6.07) is 8.16. The van der Waals surface area contributed by atoms with Crippen molar-refractivity contribution in [1.82, 2.24) is 29.5 Å². The summed E-state index contributed by atoms with van der Waals surface area (Å²) in [4.78, 5) is 19.2. The summed E-state index contributed by atoms with van der Waals surface area (Å²) in [5.74, 6) is 1.99. The van der Waals surface area contributed by atoms with E-state index in [1.165, 1.54) is 0 Å². The molecular formula is C18H19BrN8O. The number of anilines is 2. The average Bonchev–Trinajstić information content (AvgIpc) is 3.26. The topological polar surface area (TPSA) is 107 Å². The average molecular weight is 443 g/mol. The number of aliphatic hydroxyl groups excluding tert-OH is 1. The van der Waals surface area contributed by atoms with Crippen LogP contribution in [0.2, 0.25) is 0 Å². The van der Waals surface area contributed by atoms with E-state index in [0.29, 0.717) is 24.1 Å². The number of imidazole rings is 1. The molecule has 4 aromatic rings. The molecule has 10 heteroatoms. The highest BCUT2D eigenvalue weighted by Gasteiger charge is 2.32. The van der Waals surface area contributed by atoms with E-state index in [1.807, 2.05) is 36.2 Å². The van der Waals surface area contributed by atoms with E-state index in [4.69, 9.17) is 0 Å². The minimum absolute atomic E-state index is 0.233. The predicted octanol–water partition coefficient (Wildman–Crippen LogP) is 2.33. The Labute approximate surface area is 168 Å². The molecule has 0 unspecified atom stereocenters. The molecule has 5 rings (SSSR count). The van der Waals surface area contributed by atoms with Crippen LogP contribution < -0.4 is 10.2 Å². The molecule has 1 aliphatic carbocycles. The molecule has 3 heterocycles. The Kier molecular flexibility index (Phi) is 4.17. The van der Waals surface area contributed by atoms with Gasteiger partial charge in [-0.2, -0.15) is 19.6 Å². The monoisotopic (exact) mass is 442 g/mol. The lowest BCUT2D eigenvalue weighted by Gasteiger charge is -2.38. The Balaban J connectivity index is 1.45. The summed E-state index contributed by atoms with van der Waals surface area (Å²) in [5.41, 5.74) is 2.61. The fraction of sp³-hybridized carbons (Fsp3) is 0.333. The Morgan fingerprint density at radius 2 is 2.11 bits per heavy atom. The molecule has 144 valence electrons. The molecule has 1 saturated carbocycles. The SMILES string of the molecule is CN(c1nc(NCc2nc3ccccc3[nH]2)n2ncc(Br)c2n1)C1CC(O)C1. The Morgan fingerprint density at radius 1 is 1.29 bits per heavy atom. The van der Waals surface area contributed by atoms with Crippen LogP contribution in [0.4, 0.5) is 11.9 Å². The highest BCUT2D eigenvalue weighted by molar-refractivity contribution is 9.10. The van der Waals surface area contributed by atoms with Crippen LogP contribution >= 0.6 is 15.9 Å². The van der Waals surface area contributed by atoms with Crippen LogP contribution in [0.5, 0.6) is 0 Å². The minimum Gasteiger partial charge on any atom is -0.393 e. The van der Waals surface area contributed by atoms with Crippen LogP contribution in [-0.2, 0) is 6.54 Å². The van der Waals surface area contributed by atoms with Crippen molar-refractivity contribution >= 4 is 44.5 Å². The van der Waals surface area contributed by atoms with Gasteiger partial charge in [-0.25, -0.2) is 4.98 Å². The van der Waals surface area contributed by atoms with Gasteiger partial charge in [-0.3, -0.25) is 0 Å². The zero-order chi connectivity index (χ0) is 19.3. The summed E-state index contributed by atoms with van der Waals surface area (Å²) in [5, 5.41) is 17.3. The number of hydrogen-bond donors (Lipinski definition) is 3. The Hall–Kier alpha value is -2.72. The van der Waals surface area contributed by atoms with E-state index < -0.39 is 0 Å². The largest absolute Gasteiger partial charge is 0.393 e. The molecule has 0 bridgehead atoms. The number of halogens is 1. The van der Waals surface area contributed by atoms with Gasteiger partial charge < -0.3 is 20.3 Å². The van der Waals surface area contributed by atoms with Crippen molar-refractivity contribution in [1.29, 1.82) is 0 Å². The Bertz CT molecular complexity index is 1120. The van der Waals surface area contributed by atoms with Gasteiger partial charge in [0.25, 0.3) is 0 Å². The zero-order valence-corrected chi connectivity index (χ0v) is 16.8. The van der Waals surface area contributed by atoms with Crippen molar-refractivity contribution in [2.45, 2.75) is 31.5 Å². The number of aliphatic hydroxyl groups is 1. The van der Waals surface area contributed by atoms with Crippen LogP contribution in [0.25, 0.3) is 16.7 Å². The first kappa shape index (κ1) is 17.4. The molecule has 0 aliphatic heterocycles. The third kappa shape index (κ3) is 2.98. The van der Waals surface area contributed by atoms with Gasteiger partial charge in [0.1, 0.15) is 5.82 Å². The quantitative estimate of drug-likeness (QED) is 0.435. The van der Waals surface area contributed by atoms with Crippen molar-refractivity contribution in [2.24, 2.45) is 0 Å². The molecule has 3 aromatic heterocycles. The molecule has 1 aliphatic rings. The fourth-order valence-corrected chi connectivity index (χ4v) is 3.75. The molecule has 3 N–H and O–H groups in total. The highest BCUT2D eigenvalue weighted by Crippen LogP contribution is 2.29. The van der Waals surface area contributed by atoms with E-state index in [2.05, 4.69) is 46.3 Å². The lowest BCUT2D eigenvalue weighted by Crippen LogP contribution is -2.46. The van der Waals surface area contributed by atoms with Crippen LogP contribution in [0, 0.1) is 0 Å². The number of rotatable bonds is 5. The van der Waals surface area contributed by atoms with Gasteiger partial charge in [0.05, 0.1) is 34.4 Å². The molecule has 0 spiro atoms. The number of nitrogens with one attached hydrogen (secondary N) is 2. The van der Waals surface area contributed by atoms with Crippen LogP contribution in [-0.4, -0.2) is 53.9 Å². The van der Waals surface area contributed by atoms with Crippen LogP contribution in [0.15, 0.2) is 34.9 Å². The maximum absolute atomic E-state index is 9.61. The first-order valence-electron chi connectivity index (χ1n) is 9.08. The first-order valence-corrected chi connectivity index (χ1v) is 9.87. The minimum atomic E-state index is -0.233. The molecule has 0 radical (unpaired) electrons. The van der Waals surface area contributed by atoms with Gasteiger partial charge in [-0.15, -0.1) is 0 Å². The number of nitrogens with zero attached hydrogens (tertiary/aromatic N) is 6. The van der Waals surface area contributed by atoms with Crippen LogP contribution in [0.3, 0.4) is 0 Å². The molecule has 0 amide bonds. The highest BCUT2D eigenvalue weighted by atomic mass is 79.9. The summed E-state index contributed by atoms with van der Waals surface area (Å²) >= 11 is 3.50. The van der Waals surface area contributed by atoms with Gasteiger partial charge in [0.2, 0.25) is 11.9 Å². The molecular weight excluding hydrogens is 424 g/mol. The maximum atomic E-state index is 9.61. The van der Waals surface area contributed by atoms with Crippen molar-refractivity contribution in [3.05, 3.63) is 40.8 Å². The third-order valence-electron chi connectivity index (χ3n) is 5.12. The standard InChI is InChI=1S/C18H19BrN8O/c1-26(10-6-11(28)7-10)18-24-16-12(19)8-21-27(16)17(25-18)20-9-15-22-13-4-2-3-5-14(13)23-15/h2-5,8,10-11,28H,6-7,9H2,1H3,(H,22,23)(H,20,24,25). The van der Waals surface area contributed by atoms with Gasteiger partial charge in [-0.1, -0.05) is 12.1 Å².